The van der Waals surface area contributed by atoms with Crippen LogP contribution in [-0.4, -0.2) is 38.1 Å². The Bertz CT molecular complexity index is 714. The first kappa shape index (κ1) is 15.4. The van der Waals surface area contributed by atoms with Crippen LogP contribution in [0.1, 0.15) is 18.4 Å². The molecule has 0 unspecified atom stereocenters. The standard InChI is InChI=1S/C14H17ClN2O4S/c1-21-12-4-9(2-3-11(12)15)7-16-13(18)17-14-5-10(6-14)22(19,20)8-14/h2-4,10H,5-8H2,1H3,(H2,16,17,18). The van der Waals surface area contributed by atoms with Crippen LogP contribution in [-0.2, 0) is 16.4 Å². The van der Waals surface area contributed by atoms with Gasteiger partial charge in [-0.25, -0.2) is 13.2 Å². The van der Waals surface area contributed by atoms with Crippen LogP contribution in [0.2, 0.25) is 5.02 Å². The Morgan fingerprint density at radius 3 is 2.77 bits per heavy atom. The minimum Gasteiger partial charge on any atom is -0.495 e. The molecule has 2 saturated heterocycles. The molecule has 1 aromatic carbocycles. The first-order chi connectivity index (χ1) is 10.3. The average Bonchev–Trinajstić information content (AvgIpc) is 2.82. The van der Waals surface area contributed by atoms with Crippen molar-refractivity contribution in [1.82, 2.24) is 10.6 Å². The molecular weight excluding hydrogens is 328 g/mol. The molecule has 0 radical (unpaired) electrons. The summed E-state index contributed by atoms with van der Waals surface area (Å²) in [5, 5.41) is 5.77. The number of ether oxygens (including phenoxy) is 1. The summed E-state index contributed by atoms with van der Waals surface area (Å²) in [6.45, 7) is 0.311. The van der Waals surface area contributed by atoms with Gasteiger partial charge in [-0.15, -0.1) is 0 Å². The number of fused-ring (bicyclic) bond motifs is 1. The van der Waals surface area contributed by atoms with Gasteiger partial charge in [-0.3, -0.25) is 0 Å². The van der Waals surface area contributed by atoms with Crippen LogP contribution in [0.4, 0.5) is 4.79 Å². The molecule has 0 spiro atoms. The zero-order chi connectivity index (χ0) is 16.0. The molecule has 6 nitrogen and oxygen atoms in total. The monoisotopic (exact) mass is 344 g/mol. The molecule has 2 N–H and O–H groups in total. The number of nitrogens with one attached hydrogen (secondary N) is 2. The van der Waals surface area contributed by atoms with E-state index in [-0.39, 0.29) is 17.0 Å². The van der Waals surface area contributed by atoms with Gasteiger partial charge < -0.3 is 15.4 Å². The molecule has 4 rings (SSSR count). The number of amides is 2. The van der Waals surface area contributed by atoms with Crippen LogP contribution in [0.5, 0.6) is 5.75 Å². The van der Waals surface area contributed by atoms with E-state index in [9.17, 15) is 13.2 Å². The van der Waals surface area contributed by atoms with Crippen molar-refractivity contribution in [2.75, 3.05) is 12.9 Å². The van der Waals surface area contributed by atoms with Crippen LogP contribution < -0.4 is 15.4 Å². The second-order valence-electron chi connectivity index (χ2n) is 5.89. The normalized spacial score (nSPS) is 27.8. The SMILES string of the molecule is COc1cc(CNC(=O)NC23CC(C2)S(=O)(=O)C3)ccc1Cl. The molecule has 22 heavy (non-hydrogen) atoms. The van der Waals surface area contributed by atoms with Gasteiger partial charge in [0.05, 0.1) is 28.7 Å². The minimum absolute atomic E-state index is 0.0485. The van der Waals surface area contributed by atoms with Gasteiger partial charge in [0.1, 0.15) is 5.75 Å². The van der Waals surface area contributed by atoms with Crippen molar-refractivity contribution in [1.29, 1.82) is 0 Å². The van der Waals surface area contributed by atoms with Crippen molar-refractivity contribution in [2.45, 2.75) is 30.2 Å². The predicted molar refractivity (Wildman–Crippen MR) is 82.9 cm³/mol. The highest BCUT2D eigenvalue weighted by atomic mass is 35.5. The van der Waals surface area contributed by atoms with Gasteiger partial charge in [-0.2, -0.15) is 0 Å². The number of hydrogen-bond donors (Lipinski definition) is 2. The van der Waals surface area contributed by atoms with Crippen molar-refractivity contribution in [3.8, 4) is 5.75 Å². The Balaban J connectivity index is 1.55. The van der Waals surface area contributed by atoms with Crippen LogP contribution in [0.15, 0.2) is 18.2 Å². The lowest BCUT2D eigenvalue weighted by molar-refractivity contribution is 0.206. The van der Waals surface area contributed by atoms with Gasteiger partial charge in [-0.05, 0) is 30.5 Å². The lowest BCUT2D eigenvalue weighted by atomic mass is 9.79. The molecule has 1 aliphatic carbocycles. The topological polar surface area (TPSA) is 84.5 Å². The number of rotatable bonds is 4. The highest BCUT2D eigenvalue weighted by molar-refractivity contribution is 7.92. The van der Waals surface area contributed by atoms with Crippen LogP contribution in [0.25, 0.3) is 0 Å². The molecule has 8 heteroatoms. The van der Waals surface area contributed by atoms with Gasteiger partial charge in [-0.1, -0.05) is 17.7 Å². The van der Waals surface area contributed by atoms with Gasteiger partial charge in [0, 0.05) is 6.54 Å². The lowest BCUT2D eigenvalue weighted by Gasteiger charge is -2.36. The summed E-state index contributed by atoms with van der Waals surface area (Å²) in [6.07, 6.45) is 1.05. The Hall–Kier alpha value is -1.47. The summed E-state index contributed by atoms with van der Waals surface area (Å²) in [5.74, 6) is 0.594. The van der Waals surface area contributed by atoms with Gasteiger partial charge >= 0.3 is 6.03 Å². The predicted octanol–water partition coefficient (Wildman–Crippen LogP) is 1.48. The molecule has 0 atom stereocenters. The maximum atomic E-state index is 12.0. The summed E-state index contributed by atoms with van der Waals surface area (Å²) >= 11 is 5.94. The van der Waals surface area contributed by atoms with Crippen molar-refractivity contribution >= 4 is 27.5 Å². The van der Waals surface area contributed by atoms with Crippen molar-refractivity contribution < 1.29 is 17.9 Å². The lowest BCUT2D eigenvalue weighted by Crippen LogP contribution is -2.57. The van der Waals surface area contributed by atoms with Crippen LogP contribution >= 0.6 is 11.6 Å². The molecular formula is C14H17ClN2O4S. The second-order valence-corrected chi connectivity index (χ2v) is 8.58. The summed E-state index contributed by atoms with van der Waals surface area (Å²) in [5.41, 5.74) is 0.282. The molecule has 3 aliphatic rings. The smallest absolute Gasteiger partial charge is 0.315 e. The molecule has 2 aliphatic heterocycles. The minimum atomic E-state index is -3.01. The summed E-state index contributed by atoms with van der Waals surface area (Å²) < 4.78 is 28.5. The Morgan fingerprint density at radius 1 is 1.45 bits per heavy atom. The van der Waals surface area contributed by atoms with Gasteiger partial charge in [0.15, 0.2) is 9.84 Å². The van der Waals surface area contributed by atoms with Crippen LogP contribution in [0, 0.1) is 0 Å². The van der Waals surface area contributed by atoms with E-state index in [4.69, 9.17) is 16.3 Å². The molecule has 3 fully saturated rings. The quantitative estimate of drug-likeness (QED) is 0.866. The van der Waals surface area contributed by atoms with E-state index in [1.807, 2.05) is 0 Å². The highest BCUT2D eigenvalue weighted by Crippen LogP contribution is 2.46. The summed E-state index contributed by atoms with van der Waals surface area (Å²) in [7, 11) is -1.48. The third-order valence-electron chi connectivity index (χ3n) is 4.27. The number of methoxy groups -OCH3 is 1. The fourth-order valence-electron chi connectivity index (χ4n) is 3.11. The molecule has 1 aromatic rings. The summed E-state index contributed by atoms with van der Waals surface area (Å²) in [6, 6.07) is 4.89. The zero-order valence-electron chi connectivity index (χ0n) is 12.1. The van der Waals surface area contributed by atoms with Crippen molar-refractivity contribution in [2.24, 2.45) is 0 Å². The van der Waals surface area contributed by atoms with E-state index in [2.05, 4.69) is 10.6 Å². The number of carbonyl (C=O) groups excluding carboxylic acids is 1. The molecule has 2 amide bonds. The third-order valence-corrected chi connectivity index (χ3v) is 6.89. The number of sulfone groups is 1. The summed E-state index contributed by atoms with van der Waals surface area (Å²) in [4.78, 5) is 12.0. The Morgan fingerprint density at radius 2 is 2.18 bits per heavy atom. The molecule has 2 heterocycles. The zero-order valence-corrected chi connectivity index (χ0v) is 13.6. The Labute approximate surface area is 134 Å². The maximum absolute atomic E-state index is 12.0. The van der Waals surface area contributed by atoms with Crippen LogP contribution in [0.3, 0.4) is 0 Å². The number of halogens is 1. The largest absolute Gasteiger partial charge is 0.495 e. The number of urea groups is 1. The average molecular weight is 345 g/mol. The first-order valence-corrected chi connectivity index (χ1v) is 9.03. The molecule has 2 bridgehead atoms. The van der Waals surface area contributed by atoms with E-state index in [0.717, 1.165) is 5.56 Å². The molecule has 0 aromatic heterocycles. The van der Waals surface area contributed by atoms with E-state index in [0.29, 0.717) is 30.2 Å². The Kier molecular flexibility index (Phi) is 3.72. The molecule has 120 valence electrons. The fraction of sp³-hybridized carbons (Fsp3) is 0.500. The number of carbonyl (C=O) groups is 1. The van der Waals surface area contributed by atoms with E-state index in [1.165, 1.54) is 7.11 Å². The fourth-order valence-corrected chi connectivity index (χ4v) is 5.76. The van der Waals surface area contributed by atoms with Gasteiger partial charge in [0.2, 0.25) is 0 Å². The number of benzene rings is 1. The number of hydrogen-bond acceptors (Lipinski definition) is 4. The van der Waals surface area contributed by atoms with Crippen molar-refractivity contribution in [3.05, 3.63) is 28.8 Å². The second kappa shape index (κ2) is 5.31. The van der Waals surface area contributed by atoms with E-state index >= 15 is 0 Å². The highest BCUT2D eigenvalue weighted by Gasteiger charge is 2.60. The third kappa shape index (κ3) is 2.75. The molecule has 1 saturated carbocycles. The van der Waals surface area contributed by atoms with Crippen molar-refractivity contribution in [3.63, 3.8) is 0 Å². The van der Waals surface area contributed by atoms with E-state index < -0.39 is 15.4 Å². The van der Waals surface area contributed by atoms with E-state index in [1.54, 1.807) is 18.2 Å². The van der Waals surface area contributed by atoms with Gasteiger partial charge in [0.25, 0.3) is 0 Å². The maximum Gasteiger partial charge on any atom is 0.315 e. The first-order valence-electron chi connectivity index (χ1n) is 6.94.